The number of ether oxygens (including phenoxy) is 1. The lowest BCUT2D eigenvalue weighted by Gasteiger charge is -2.28. The van der Waals surface area contributed by atoms with Gasteiger partial charge in [0, 0.05) is 20.6 Å². The van der Waals surface area contributed by atoms with Gasteiger partial charge in [-0.1, -0.05) is 57.9 Å². The van der Waals surface area contributed by atoms with Gasteiger partial charge in [0.25, 0.3) is 0 Å². The van der Waals surface area contributed by atoms with Crippen LogP contribution in [0.25, 0.3) is 28.0 Å². The molecule has 0 N–H and O–H groups in total. The Kier molecular flexibility index (Phi) is 4.92. The Balaban J connectivity index is 1.59. The average molecular weight is 576 g/mol. The zero-order valence-electron chi connectivity index (χ0n) is 18.7. The van der Waals surface area contributed by atoms with Crippen molar-refractivity contribution in [2.75, 3.05) is 0 Å². The van der Waals surface area contributed by atoms with Gasteiger partial charge in [-0.25, -0.2) is 23.7 Å². The van der Waals surface area contributed by atoms with Crippen molar-refractivity contribution < 1.29 is 13.5 Å². The highest BCUT2D eigenvalue weighted by atomic mass is 79.9. The van der Waals surface area contributed by atoms with E-state index >= 15 is 4.39 Å². The second-order valence-corrected chi connectivity index (χ2v) is 9.71. The lowest BCUT2D eigenvalue weighted by molar-refractivity contribution is 0.420. The van der Waals surface area contributed by atoms with E-state index in [0.717, 1.165) is 10.0 Å². The van der Waals surface area contributed by atoms with Gasteiger partial charge in [0.15, 0.2) is 17.2 Å². The Labute approximate surface area is 221 Å². The van der Waals surface area contributed by atoms with E-state index in [2.05, 4.69) is 26.0 Å². The fourth-order valence-corrected chi connectivity index (χ4v) is 5.50. The number of rotatable bonds is 2. The molecule has 0 spiro atoms. The lowest BCUT2D eigenvalue weighted by atomic mass is 9.83. The van der Waals surface area contributed by atoms with Crippen LogP contribution >= 0.6 is 27.5 Å². The average Bonchev–Trinajstić information content (AvgIpc) is 3.33. The van der Waals surface area contributed by atoms with Crippen molar-refractivity contribution in [3.05, 3.63) is 115 Å². The number of halogens is 3. The van der Waals surface area contributed by atoms with Gasteiger partial charge in [-0.3, -0.25) is 0 Å². The van der Waals surface area contributed by atoms with Gasteiger partial charge < -0.3 is 9.15 Å². The fraction of sp³-hybridized carbons (Fsp3) is 0.0370. The van der Waals surface area contributed by atoms with Crippen LogP contribution in [-0.4, -0.2) is 19.6 Å². The van der Waals surface area contributed by atoms with Crippen molar-refractivity contribution in [1.82, 2.24) is 19.6 Å². The Morgan fingerprint density at radius 1 is 0.973 bits per heavy atom. The van der Waals surface area contributed by atoms with Crippen LogP contribution in [0.4, 0.5) is 4.39 Å². The monoisotopic (exact) mass is 574 g/mol. The quantitative estimate of drug-likeness (QED) is 0.212. The summed E-state index contributed by atoms with van der Waals surface area (Å²) in [6, 6.07) is 18.9. The van der Waals surface area contributed by atoms with E-state index in [1.54, 1.807) is 30.3 Å². The van der Waals surface area contributed by atoms with E-state index in [1.807, 2.05) is 24.3 Å². The molecule has 7 rings (SSSR count). The van der Waals surface area contributed by atoms with E-state index in [1.165, 1.54) is 23.0 Å². The predicted molar refractivity (Wildman–Crippen MR) is 139 cm³/mol. The number of fused-ring (bicyclic) bond motifs is 6. The molecule has 0 bridgehead atoms. The standard InChI is InChI=1S/C27H13BrClFN4O3/c28-15-8-3-1-6-13(15)24-32-25-22-20(19-16(29)9-5-10-17(19)30)21-23(37-26(22)31-12-34(25)33-24)14-7-2-4-11-18(14)36-27(21)35/h1-12,20H. The molecule has 7 nitrogen and oxygen atoms in total. The first kappa shape index (κ1) is 22.1. The molecule has 180 valence electrons. The molecule has 4 heterocycles. The van der Waals surface area contributed by atoms with Gasteiger partial charge in [-0.05, 0) is 36.4 Å². The Morgan fingerprint density at radius 2 is 1.78 bits per heavy atom. The van der Waals surface area contributed by atoms with Crippen molar-refractivity contribution in [3.63, 3.8) is 0 Å². The number of para-hydroxylation sites is 1. The highest BCUT2D eigenvalue weighted by Gasteiger charge is 2.39. The van der Waals surface area contributed by atoms with Crippen molar-refractivity contribution in [1.29, 1.82) is 0 Å². The summed E-state index contributed by atoms with van der Waals surface area (Å²) in [5.74, 6) is -0.771. The number of aromatic nitrogens is 4. The molecule has 6 aromatic rings. The van der Waals surface area contributed by atoms with Crippen LogP contribution in [0.2, 0.25) is 5.02 Å². The lowest BCUT2D eigenvalue weighted by Crippen LogP contribution is -2.23. The third kappa shape index (κ3) is 3.31. The summed E-state index contributed by atoms with van der Waals surface area (Å²) in [6.07, 6.45) is 1.47. The molecular weight excluding hydrogens is 563 g/mol. The number of hydrogen-bond donors (Lipinski definition) is 0. The number of hydrogen-bond acceptors (Lipinski definition) is 6. The molecule has 0 radical (unpaired) electrons. The van der Waals surface area contributed by atoms with Gasteiger partial charge in [0.05, 0.1) is 22.4 Å². The first-order chi connectivity index (χ1) is 18.0. The summed E-state index contributed by atoms with van der Waals surface area (Å²) in [4.78, 5) is 22.7. The van der Waals surface area contributed by atoms with Crippen LogP contribution in [0, 0.1) is 5.82 Å². The van der Waals surface area contributed by atoms with Gasteiger partial charge in [-0.15, -0.1) is 5.10 Å². The summed E-state index contributed by atoms with van der Waals surface area (Å²) in [5.41, 5.74) is 1.33. The molecule has 0 saturated heterocycles. The van der Waals surface area contributed by atoms with Crippen LogP contribution in [0.5, 0.6) is 11.6 Å². The fourth-order valence-electron chi connectivity index (χ4n) is 4.76. The van der Waals surface area contributed by atoms with Crippen LogP contribution in [-0.2, 0) is 0 Å². The zero-order valence-corrected chi connectivity index (χ0v) is 21.0. The molecule has 1 aliphatic rings. The molecule has 1 unspecified atom stereocenters. The van der Waals surface area contributed by atoms with Gasteiger partial charge in [0.1, 0.15) is 17.7 Å². The molecule has 3 aromatic heterocycles. The van der Waals surface area contributed by atoms with Crippen molar-refractivity contribution in [2.45, 2.75) is 5.92 Å². The second kappa shape index (κ2) is 8.22. The molecule has 10 heteroatoms. The summed E-state index contributed by atoms with van der Waals surface area (Å²) in [5, 5.41) is 5.28. The Hall–Kier alpha value is -4.08. The minimum absolute atomic E-state index is 0.0953. The third-order valence-corrected chi connectivity index (χ3v) is 7.39. The molecule has 0 amide bonds. The summed E-state index contributed by atoms with van der Waals surface area (Å²) in [6.45, 7) is 0. The maximum absolute atomic E-state index is 15.5. The molecule has 0 fully saturated rings. The van der Waals surface area contributed by atoms with Crippen molar-refractivity contribution in [3.8, 4) is 23.0 Å². The SMILES string of the molecule is O=c1oc2ccccc2c2c1C(c1c(F)cccc1Cl)c1c(ncn3nc(-c4ccccc4Br)nc13)O2. The zero-order chi connectivity index (χ0) is 25.3. The molecule has 1 atom stereocenters. The predicted octanol–water partition coefficient (Wildman–Crippen LogP) is 6.74. The summed E-state index contributed by atoms with van der Waals surface area (Å²) >= 11 is 10.1. The van der Waals surface area contributed by atoms with Crippen molar-refractivity contribution in [2.24, 2.45) is 0 Å². The van der Waals surface area contributed by atoms with E-state index in [0.29, 0.717) is 28.0 Å². The molecule has 37 heavy (non-hydrogen) atoms. The normalized spacial score (nSPS) is 14.4. The van der Waals surface area contributed by atoms with Crippen LogP contribution < -0.4 is 10.4 Å². The first-order valence-electron chi connectivity index (χ1n) is 11.2. The largest absolute Gasteiger partial charge is 0.437 e. The number of benzene rings is 3. The molecular formula is C27H13BrClFN4O3. The maximum Gasteiger partial charge on any atom is 0.344 e. The van der Waals surface area contributed by atoms with Crippen LogP contribution in [0.15, 0.2) is 86.7 Å². The Morgan fingerprint density at radius 3 is 2.62 bits per heavy atom. The maximum atomic E-state index is 15.5. The second-order valence-electron chi connectivity index (χ2n) is 8.45. The topological polar surface area (TPSA) is 82.5 Å². The van der Waals surface area contributed by atoms with E-state index in [9.17, 15) is 4.79 Å². The first-order valence-corrected chi connectivity index (χ1v) is 12.4. The van der Waals surface area contributed by atoms with Crippen LogP contribution in [0.3, 0.4) is 0 Å². The Bertz CT molecular complexity index is 1930. The molecule has 1 aliphatic heterocycles. The van der Waals surface area contributed by atoms with E-state index in [4.69, 9.17) is 25.7 Å². The van der Waals surface area contributed by atoms with Gasteiger partial charge in [-0.2, -0.15) is 0 Å². The van der Waals surface area contributed by atoms with E-state index in [-0.39, 0.29) is 27.8 Å². The summed E-state index contributed by atoms with van der Waals surface area (Å²) < 4.78 is 29.6. The van der Waals surface area contributed by atoms with E-state index < -0.39 is 17.4 Å². The third-order valence-electron chi connectivity index (χ3n) is 6.37. The van der Waals surface area contributed by atoms with Gasteiger partial charge in [0.2, 0.25) is 5.88 Å². The summed E-state index contributed by atoms with van der Waals surface area (Å²) in [7, 11) is 0. The minimum atomic E-state index is -1.01. The minimum Gasteiger partial charge on any atom is -0.437 e. The van der Waals surface area contributed by atoms with Crippen LogP contribution in [0.1, 0.15) is 22.6 Å². The molecule has 3 aromatic carbocycles. The molecule has 0 aliphatic carbocycles. The highest BCUT2D eigenvalue weighted by Crippen LogP contribution is 2.50. The number of nitrogens with zero attached hydrogens (tertiary/aromatic N) is 4. The van der Waals surface area contributed by atoms with Gasteiger partial charge >= 0.3 is 5.63 Å². The molecule has 0 saturated carbocycles. The highest BCUT2D eigenvalue weighted by molar-refractivity contribution is 9.10. The van der Waals surface area contributed by atoms with Crippen molar-refractivity contribution >= 4 is 44.1 Å². The smallest absolute Gasteiger partial charge is 0.344 e.